The average molecular weight is 481 g/mol. The van der Waals surface area contributed by atoms with Crippen LogP contribution in [0.5, 0.6) is 11.5 Å². The lowest BCUT2D eigenvalue weighted by Gasteiger charge is -2.12. The highest BCUT2D eigenvalue weighted by Crippen LogP contribution is 2.43. The topological polar surface area (TPSA) is 120 Å². The van der Waals surface area contributed by atoms with Crippen LogP contribution >= 0.6 is 11.6 Å². The molecule has 0 bridgehead atoms. The van der Waals surface area contributed by atoms with Crippen LogP contribution in [0.15, 0.2) is 67.2 Å². The van der Waals surface area contributed by atoms with Crippen LogP contribution < -0.4 is 9.47 Å². The number of nitrogens with zero attached hydrogens (tertiary/aromatic N) is 2. The molecule has 1 aromatic carbocycles. The number of rotatable bonds is 8. The molecule has 0 saturated carbocycles. The van der Waals surface area contributed by atoms with E-state index in [9.17, 15) is 10.1 Å². The van der Waals surface area contributed by atoms with E-state index in [4.69, 9.17) is 34.3 Å². The van der Waals surface area contributed by atoms with Gasteiger partial charge in [-0.15, -0.1) is 0 Å². The standard InChI is InChI=1S/C24H17ClN2O7/c1-29-19-10-14(9-16(25)22(19)33-13-20(28)30-2)12-27-24-15(11-26)21(17-5-3-7-31-17)23(34-24)18-6-4-8-32-18/h3-10,12H,13H2,1-2H3. The number of esters is 1. The first-order valence-electron chi connectivity index (χ1n) is 9.81. The van der Waals surface area contributed by atoms with Crippen LogP contribution in [0.1, 0.15) is 11.1 Å². The van der Waals surface area contributed by atoms with Crippen molar-refractivity contribution in [2.24, 2.45) is 4.99 Å². The van der Waals surface area contributed by atoms with Crippen molar-refractivity contribution < 1.29 is 32.3 Å². The van der Waals surface area contributed by atoms with E-state index >= 15 is 0 Å². The van der Waals surface area contributed by atoms with E-state index < -0.39 is 5.97 Å². The molecule has 0 amide bonds. The maximum Gasteiger partial charge on any atom is 0.343 e. The Balaban J connectivity index is 1.72. The number of hydrogen-bond donors (Lipinski definition) is 0. The molecule has 0 N–H and O–H groups in total. The number of methoxy groups -OCH3 is 2. The second-order valence-corrected chi connectivity index (χ2v) is 7.12. The van der Waals surface area contributed by atoms with E-state index in [0.717, 1.165) is 0 Å². The van der Waals surface area contributed by atoms with Crippen LogP contribution in [0.2, 0.25) is 5.02 Å². The van der Waals surface area contributed by atoms with Gasteiger partial charge in [0.05, 0.1) is 37.3 Å². The van der Waals surface area contributed by atoms with Crippen LogP contribution in [-0.2, 0) is 9.53 Å². The summed E-state index contributed by atoms with van der Waals surface area (Å²) in [4.78, 5) is 15.7. The first kappa shape index (κ1) is 22.8. The summed E-state index contributed by atoms with van der Waals surface area (Å²) in [5.41, 5.74) is 1.14. The Hall–Kier alpha value is -4.42. The SMILES string of the molecule is COC(=O)COc1c(Cl)cc(C=Nc2oc(-c3ccco3)c(-c3ccco3)c2C#N)cc1OC. The second-order valence-electron chi connectivity index (χ2n) is 6.71. The predicted octanol–water partition coefficient (Wildman–Crippen LogP) is 5.64. The number of carbonyl (C=O) groups is 1. The molecule has 4 aromatic rings. The van der Waals surface area contributed by atoms with Gasteiger partial charge in [0.1, 0.15) is 17.4 Å². The average Bonchev–Trinajstić information content (AvgIpc) is 3.61. The minimum atomic E-state index is -0.565. The van der Waals surface area contributed by atoms with Crippen LogP contribution in [0.3, 0.4) is 0 Å². The van der Waals surface area contributed by atoms with Crippen molar-refractivity contribution in [1.82, 2.24) is 0 Å². The maximum absolute atomic E-state index is 11.4. The highest BCUT2D eigenvalue weighted by molar-refractivity contribution is 6.32. The Bertz CT molecular complexity index is 1360. The Kier molecular flexibility index (Phi) is 6.71. The zero-order chi connectivity index (χ0) is 24.1. The third kappa shape index (κ3) is 4.53. The number of nitriles is 1. The van der Waals surface area contributed by atoms with E-state index in [1.165, 1.54) is 33.0 Å². The number of carbonyl (C=O) groups excluding carboxylic acids is 1. The summed E-state index contributed by atoms with van der Waals surface area (Å²) in [5.74, 6) is 1.12. The summed E-state index contributed by atoms with van der Waals surface area (Å²) < 4.78 is 32.2. The van der Waals surface area contributed by atoms with E-state index in [0.29, 0.717) is 28.4 Å². The minimum Gasteiger partial charge on any atom is -0.493 e. The normalized spacial score (nSPS) is 10.9. The highest BCUT2D eigenvalue weighted by atomic mass is 35.5. The molecule has 0 fully saturated rings. The number of ether oxygens (including phenoxy) is 3. The predicted molar refractivity (Wildman–Crippen MR) is 122 cm³/mol. The van der Waals surface area contributed by atoms with Crippen molar-refractivity contribution in [2.45, 2.75) is 0 Å². The first-order valence-corrected chi connectivity index (χ1v) is 10.2. The summed E-state index contributed by atoms with van der Waals surface area (Å²) in [6.45, 7) is -0.330. The third-order valence-corrected chi connectivity index (χ3v) is 4.94. The quantitative estimate of drug-likeness (QED) is 0.235. The second kappa shape index (κ2) is 10.0. The number of furan rings is 3. The maximum atomic E-state index is 11.4. The summed E-state index contributed by atoms with van der Waals surface area (Å²) in [6, 6.07) is 12.1. The van der Waals surface area contributed by atoms with E-state index in [1.54, 1.807) is 36.4 Å². The first-order chi connectivity index (χ1) is 16.5. The lowest BCUT2D eigenvalue weighted by Crippen LogP contribution is -2.13. The zero-order valence-corrected chi connectivity index (χ0v) is 18.8. The number of benzene rings is 1. The van der Waals surface area contributed by atoms with Crippen molar-refractivity contribution >= 4 is 29.7 Å². The van der Waals surface area contributed by atoms with Crippen LogP contribution in [0.4, 0.5) is 5.88 Å². The Labute approximate surface area is 198 Å². The van der Waals surface area contributed by atoms with E-state index in [2.05, 4.69) is 15.8 Å². The molecule has 0 saturated heterocycles. The summed E-state index contributed by atoms with van der Waals surface area (Å²) in [6.07, 6.45) is 4.45. The van der Waals surface area contributed by atoms with Crippen LogP contribution in [0, 0.1) is 11.3 Å². The summed E-state index contributed by atoms with van der Waals surface area (Å²) in [5, 5.41) is 10.0. The van der Waals surface area contributed by atoms with Gasteiger partial charge in [0.15, 0.2) is 29.6 Å². The van der Waals surface area contributed by atoms with Crippen molar-refractivity contribution in [3.8, 4) is 40.4 Å². The molecule has 0 aliphatic heterocycles. The smallest absolute Gasteiger partial charge is 0.343 e. The molecule has 34 heavy (non-hydrogen) atoms. The fourth-order valence-electron chi connectivity index (χ4n) is 3.13. The van der Waals surface area contributed by atoms with Crippen molar-refractivity contribution in [3.05, 3.63) is 65.1 Å². The molecule has 0 atom stereocenters. The molecular weight excluding hydrogens is 464 g/mol. The van der Waals surface area contributed by atoms with Crippen molar-refractivity contribution in [1.29, 1.82) is 5.26 Å². The number of aliphatic imine (C=N–C) groups is 1. The van der Waals surface area contributed by atoms with E-state index in [-0.39, 0.29) is 34.6 Å². The molecule has 4 rings (SSSR count). The monoisotopic (exact) mass is 480 g/mol. The van der Waals surface area contributed by atoms with Gasteiger partial charge in [0, 0.05) is 6.21 Å². The van der Waals surface area contributed by atoms with Crippen molar-refractivity contribution in [3.63, 3.8) is 0 Å². The molecule has 0 unspecified atom stereocenters. The number of halogens is 1. The molecule has 3 heterocycles. The lowest BCUT2D eigenvalue weighted by atomic mass is 10.1. The molecule has 10 heteroatoms. The van der Waals surface area contributed by atoms with Gasteiger partial charge in [-0.3, -0.25) is 0 Å². The molecule has 0 aliphatic rings. The van der Waals surface area contributed by atoms with Gasteiger partial charge >= 0.3 is 5.97 Å². The minimum absolute atomic E-state index is 0.0569. The van der Waals surface area contributed by atoms with Gasteiger partial charge in [0.2, 0.25) is 5.88 Å². The van der Waals surface area contributed by atoms with Gasteiger partial charge in [-0.2, -0.15) is 5.26 Å². The Morgan fingerprint density at radius 1 is 1.18 bits per heavy atom. The third-order valence-electron chi connectivity index (χ3n) is 4.66. The molecule has 172 valence electrons. The molecule has 0 radical (unpaired) electrons. The zero-order valence-electron chi connectivity index (χ0n) is 18.0. The summed E-state index contributed by atoms with van der Waals surface area (Å²) >= 11 is 6.33. The largest absolute Gasteiger partial charge is 0.493 e. The van der Waals surface area contributed by atoms with Crippen LogP contribution in [-0.4, -0.2) is 33.0 Å². The van der Waals surface area contributed by atoms with Gasteiger partial charge < -0.3 is 27.5 Å². The molecule has 0 spiro atoms. The van der Waals surface area contributed by atoms with E-state index in [1.807, 2.05) is 0 Å². The molecular formula is C24H17ClN2O7. The molecule has 9 nitrogen and oxygen atoms in total. The van der Waals surface area contributed by atoms with Gasteiger partial charge in [-0.05, 0) is 42.0 Å². The Morgan fingerprint density at radius 2 is 1.91 bits per heavy atom. The fraction of sp³-hybridized carbons (Fsp3) is 0.125. The van der Waals surface area contributed by atoms with Gasteiger partial charge in [-0.1, -0.05) is 11.6 Å². The molecule has 0 aliphatic carbocycles. The lowest BCUT2D eigenvalue weighted by molar-refractivity contribution is -0.142. The van der Waals surface area contributed by atoms with Gasteiger partial charge in [-0.25, -0.2) is 9.79 Å². The van der Waals surface area contributed by atoms with Crippen LogP contribution in [0.25, 0.3) is 22.8 Å². The fourth-order valence-corrected chi connectivity index (χ4v) is 3.40. The highest BCUT2D eigenvalue weighted by Gasteiger charge is 2.26. The Morgan fingerprint density at radius 3 is 2.53 bits per heavy atom. The van der Waals surface area contributed by atoms with Crippen molar-refractivity contribution in [2.75, 3.05) is 20.8 Å². The van der Waals surface area contributed by atoms with Gasteiger partial charge in [0.25, 0.3) is 0 Å². The molecule has 3 aromatic heterocycles. The number of hydrogen-bond acceptors (Lipinski definition) is 9. The summed E-state index contributed by atoms with van der Waals surface area (Å²) in [7, 11) is 2.69.